The fraction of sp³-hybridized carbons (Fsp3) is 0.0500. The SMILES string of the molecule is C[Si]1(C)c2ccccc2N2c3cc4oc5ccccc5c4c4c3B(c3cccc1c32)c1sc2ccccc2c1N4c1ccccc1. The zero-order chi connectivity index (χ0) is 30.3. The molecule has 0 fully saturated rings. The molecular formula is C40H27BN2OSSi. The van der Waals surface area contributed by atoms with Crippen LogP contribution in [0.25, 0.3) is 32.0 Å². The van der Waals surface area contributed by atoms with Gasteiger partial charge in [0.15, 0.2) is 0 Å². The summed E-state index contributed by atoms with van der Waals surface area (Å²) in [5.41, 5.74) is 12.2. The first-order valence-corrected chi connectivity index (χ1v) is 19.8. The van der Waals surface area contributed by atoms with Gasteiger partial charge in [-0.25, -0.2) is 0 Å². The second-order valence-corrected chi connectivity index (χ2v) is 18.7. The van der Waals surface area contributed by atoms with Crippen molar-refractivity contribution >= 4 is 118 Å². The number of fused-ring (bicyclic) bond motifs is 12. The van der Waals surface area contributed by atoms with E-state index in [2.05, 4.69) is 150 Å². The molecule has 2 aromatic heterocycles. The molecule has 5 heterocycles. The molecule has 216 valence electrons. The molecule has 0 atom stereocenters. The van der Waals surface area contributed by atoms with Crippen molar-refractivity contribution in [2.45, 2.75) is 13.1 Å². The second-order valence-electron chi connectivity index (χ2n) is 13.3. The summed E-state index contributed by atoms with van der Waals surface area (Å²) in [6.07, 6.45) is 0. The van der Waals surface area contributed by atoms with Crippen LogP contribution in [0.4, 0.5) is 34.1 Å². The highest BCUT2D eigenvalue weighted by Gasteiger charge is 2.50. The quantitative estimate of drug-likeness (QED) is 0.173. The smallest absolute Gasteiger partial charge is 0.264 e. The summed E-state index contributed by atoms with van der Waals surface area (Å²) in [7, 11) is -1.99. The van der Waals surface area contributed by atoms with Gasteiger partial charge in [0.2, 0.25) is 0 Å². The predicted molar refractivity (Wildman–Crippen MR) is 200 cm³/mol. The van der Waals surface area contributed by atoms with Crippen LogP contribution in [-0.2, 0) is 0 Å². The van der Waals surface area contributed by atoms with Gasteiger partial charge >= 0.3 is 0 Å². The molecule has 0 radical (unpaired) electrons. The van der Waals surface area contributed by atoms with Crippen LogP contribution < -0.4 is 35.9 Å². The maximum atomic E-state index is 6.78. The van der Waals surface area contributed by atoms with Crippen LogP contribution in [0.5, 0.6) is 0 Å². The number of furan rings is 1. The summed E-state index contributed by atoms with van der Waals surface area (Å²) in [6.45, 7) is 5.15. The van der Waals surface area contributed by atoms with Crippen molar-refractivity contribution in [2.75, 3.05) is 9.80 Å². The third kappa shape index (κ3) is 2.95. The van der Waals surface area contributed by atoms with Crippen molar-refractivity contribution in [3.8, 4) is 0 Å². The van der Waals surface area contributed by atoms with Crippen molar-refractivity contribution in [2.24, 2.45) is 0 Å². The van der Waals surface area contributed by atoms with E-state index in [0.29, 0.717) is 0 Å². The highest BCUT2D eigenvalue weighted by Crippen LogP contribution is 2.52. The number of anilines is 6. The van der Waals surface area contributed by atoms with Crippen molar-refractivity contribution in [1.29, 1.82) is 0 Å². The molecule has 0 aliphatic carbocycles. The van der Waals surface area contributed by atoms with Crippen LogP contribution in [0.1, 0.15) is 0 Å². The Kier molecular flexibility index (Phi) is 4.71. The number of nitrogens with zero attached hydrogens (tertiary/aromatic N) is 2. The number of rotatable bonds is 1. The Morgan fingerprint density at radius 1 is 0.609 bits per heavy atom. The Bertz CT molecular complexity index is 2600. The van der Waals surface area contributed by atoms with Gasteiger partial charge in [-0.1, -0.05) is 104 Å². The summed E-state index contributed by atoms with van der Waals surface area (Å²) in [4.78, 5) is 5.14. The Morgan fingerprint density at radius 2 is 1.35 bits per heavy atom. The Hall–Kier alpha value is -5.04. The van der Waals surface area contributed by atoms with Crippen molar-refractivity contribution < 1.29 is 4.42 Å². The summed E-state index contributed by atoms with van der Waals surface area (Å²) >= 11 is 1.96. The number of thiophene rings is 1. The maximum absolute atomic E-state index is 6.78. The van der Waals surface area contributed by atoms with Gasteiger partial charge in [0, 0.05) is 49.1 Å². The van der Waals surface area contributed by atoms with Gasteiger partial charge in [-0.2, -0.15) is 0 Å². The standard InChI is InChI=1S/C40H27BN2OSSi/c1-46(2)33-21-11-8-18-28(33)43-29-23-31-35(25-15-6-9-19-30(25)44-31)39-36(29)41(27-17-12-22-34(46)38(27)43)40-37(26-16-7-10-20-32(26)45-40)42(39)24-13-4-3-5-14-24/h3-23H,1-2H3. The van der Waals surface area contributed by atoms with E-state index in [4.69, 9.17) is 4.42 Å². The zero-order valence-corrected chi connectivity index (χ0v) is 27.2. The molecule has 6 heteroatoms. The van der Waals surface area contributed by atoms with E-state index in [-0.39, 0.29) is 6.71 Å². The van der Waals surface area contributed by atoms with E-state index in [0.717, 1.165) is 22.2 Å². The third-order valence-corrected chi connectivity index (χ3v) is 15.3. The molecule has 0 N–H and O–H groups in total. The summed E-state index contributed by atoms with van der Waals surface area (Å²) in [5, 5.41) is 6.63. The average molecular weight is 623 g/mol. The highest BCUT2D eigenvalue weighted by molar-refractivity contribution is 7.34. The van der Waals surface area contributed by atoms with Gasteiger partial charge in [-0.15, -0.1) is 11.3 Å². The highest BCUT2D eigenvalue weighted by atomic mass is 32.1. The number of benzene rings is 6. The topological polar surface area (TPSA) is 19.6 Å². The minimum atomic E-state index is -1.99. The first-order valence-electron chi connectivity index (χ1n) is 16.0. The molecule has 3 aliphatic heterocycles. The Balaban J connectivity index is 1.39. The van der Waals surface area contributed by atoms with E-state index in [1.807, 2.05) is 11.3 Å². The molecule has 0 unspecified atom stereocenters. The maximum Gasteiger partial charge on any atom is 0.264 e. The molecule has 6 aromatic carbocycles. The summed E-state index contributed by atoms with van der Waals surface area (Å²) in [6, 6.07) is 47.0. The van der Waals surface area contributed by atoms with Crippen molar-refractivity contribution in [3.63, 3.8) is 0 Å². The monoisotopic (exact) mass is 622 g/mol. The van der Waals surface area contributed by atoms with Crippen LogP contribution in [0, 0.1) is 0 Å². The lowest BCUT2D eigenvalue weighted by Crippen LogP contribution is -2.67. The van der Waals surface area contributed by atoms with Crippen molar-refractivity contribution in [3.05, 3.63) is 127 Å². The normalized spacial score (nSPS) is 15.2. The molecule has 3 aliphatic rings. The van der Waals surface area contributed by atoms with Crippen LogP contribution in [0.2, 0.25) is 13.1 Å². The van der Waals surface area contributed by atoms with E-state index >= 15 is 0 Å². The number of hydrogen-bond acceptors (Lipinski definition) is 4. The van der Waals surface area contributed by atoms with Crippen molar-refractivity contribution in [1.82, 2.24) is 0 Å². The molecule has 0 spiro atoms. The van der Waals surface area contributed by atoms with E-state index in [1.54, 1.807) is 0 Å². The van der Waals surface area contributed by atoms with Crippen LogP contribution in [0.15, 0.2) is 132 Å². The number of hydrogen-bond donors (Lipinski definition) is 0. The van der Waals surface area contributed by atoms with Crippen LogP contribution >= 0.6 is 11.3 Å². The third-order valence-electron chi connectivity index (χ3n) is 10.6. The molecule has 0 bridgehead atoms. The van der Waals surface area contributed by atoms with E-state index in [1.165, 1.54) is 70.0 Å². The van der Waals surface area contributed by atoms with Gasteiger partial charge in [0.1, 0.15) is 19.2 Å². The molecular weight excluding hydrogens is 595 g/mol. The van der Waals surface area contributed by atoms with Crippen LogP contribution in [0.3, 0.4) is 0 Å². The molecule has 0 saturated heterocycles. The first-order chi connectivity index (χ1) is 22.6. The Morgan fingerprint density at radius 3 is 2.24 bits per heavy atom. The van der Waals surface area contributed by atoms with Crippen LogP contribution in [-0.4, -0.2) is 14.8 Å². The lowest BCUT2D eigenvalue weighted by molar-refractivity contribution is 0.669. The zero-order valence-electron chi connectivity index (χ0n) is 25.4. The summed E-state index contributed by atoms with van der Waals surface area (Å²) in [5.74, 6) is 0. The molecule has 3 nitrogen and oxygen atoms in total. The lowest BCUT2D eigenvalue weighted by Gasteiger charge is -2.48. The largest absolute Gasteiger partial charge is 0.456 e. The molecule has 46 heavy (non-hydrogen) atoms. The molecule has 11 rings (SSSR count). The Labute approximate surface area is 272 Å². The van der Waals surface area contributed by atoms with Gasteiger partial charge in [-0.05, 0) is 51.6 Å². The predicted octanol–water partition coefficient (Wildman–Crippen LogP) is 8.02. The number of para-hydroxylation sites is 4. The van der Waals surface area contributed by atoms with Gasteiger partial charge in [-0.3, -0.25) is 0 Å². The minimum Gasteiger partial charge on any atom is -0.456 e. The molecule has 0 saturated carbocycles. The van der Waals surface area contributed by atoms with E-state index < -0.39 is 8.07 Å². The van der Waals surface area contributed by atoms with Gasteiger partial charge in [0.25, 0.3) is 6.71 Å². The lowest BCUT2D eigenvalue weighted by atomic mass is 9.36. The average Bonchev–Trinajstić information content (AvgIpc) is 3.66. The van der Waals surface area contributed by atoms with Gasteiger partial charge in [0.05, 0.1) is 16.8 Å². The molecule has 8 aromatic rings. The molecule has 0 amide bonds. The summed E-state index contributed by atoms with van der Waals surface area (Å²) < 4.78 is 9.51. The minimum absolute atomic E-state index is 0.108. The van der Waals surface area contributed by atoms with E-state index in [9.17, 15) is 0 Å². The first kappa shape index (κ1) is 25.2. The fourth-order valence-corrected chi connectivity index (χ4v) is 13.0. The second kappa shape index (κ2) is 8.61. The van der Waals surface area contributed by atoms with Gasteiger partial charge < -0.3 is 14.2 Å². The fourth-order valence-electron chi connectivity index (χ4n) is 8.68.